The van der Waals surface area contributed by atoms with Crippen LogP contribution in [0.3, 0.4) is 0 Å². The third-order valence-electron chi connectivity index (χ3n) is 3.28. The molecule has 0 fully saturated rings. The van der Waals surface area contributed by atoms with E-state index in [1.165, 1.54) is 32.4 Å². The van der Waals surface area contributed by atoms with E-state index in [-0.39, 0.29) is 10.7 Å². The van der Waals surface area contributed by atoms with Crippen molar-refractivity contribution in [3.63, 3.8) is 0 Å². The first-order valence-corrected chi connectivity index (χ1v) is 7.74. The Kier molecular flexibility index (Phi) is 6.40. The van der Waals surface area contributed by atoms with Crippen LogP contribution in [0.1, 0.15) is 11.1 Å². The fourth-order valence-electron chi connectivity index (χ4n) is 2.10. The standard InChI is InChI=1S/C17H16F3N3O2S/c1-24-14-8-7-12(9-15(14)25-2)22-16(26)23-21-10-11-5-3-4-6-13(11)17(18,19)20/h3-10H,1-2H3,(H2,22,23,26)/b21-10-. The van der Waals surface area contributed by atoms with Crippen LogP contribution in [0, 0.1) is 0 Å². The molecule has 138 valence electrons. The molecule has 0 atom stereocenters. The molecule has 0 radical (unpaired) electrons. The van der Waals surface area contributed by atoms with E-state index in [1.807, 2.05) is 0 Å². The maximum Gasteiger partial charge on any atom is 0.417 e. The average molecular weight is 383 g/mol. The van der Waals surface area contributed by atoms with Gasteiger partial charge in [0.25, 0.3) is 0 Å². The van der Waals surface area contributed by atoms with Gasteiger partial charge in [0.15, 0.2) is 16.6 Å². The molecule has 0 amide bonds. The van der Waals surface area contributed by atoms with Crippen molar-refractivity contribution >= 4 is 29.2 Å². The largest absolute Gasteiger partial charge is 0.493 e. The van der Waals surface area contributed by atoms with Gasteiger partial charge in [0.05, 0.1) is 26.0 Å². The predicted molar refractivity (Wildman–Crippen MR) is 97.9 cm³/mol. The van der Waals surface area contributed by atoms with Gasteiger partial charge in [0, 0.05) is 17.3 Å². The SMILES string of the molecule is COc1ccc(NC(=S)N/N=C\c2ccccc2C(F)(F)F)cc1OC. The molecule has 0 bridgehead atoms. The van der Waals surface area contributed by atoms with Crippen LogP contribution in [0.15, 0.2) is 47.6 Å². The van der Waals surface area contributed by atoms with Crippen molar-refractivity contribution in [2.75, 3.05) is 19.5 Å². The average Bonchev–Trinajstić information content (AvgIpc) is 2.61. The Bertz CT molecular complexity index is 810. The molecule has 0 saturated carbocycles. The minimum absolute atomic E-state index is 0.0681. The fourth-order valence-corrected chi connectivity index (χ4v) is 2.27. The summed E-state index contributed by atoms with van der Waals surface area (Å²) in [5, 5.41) is 6.71. The lowest BCUT2D eigenvalue weighted by molar-refractivity contribution is -0.137. The predicted octanol–water partition coefficient (Wildman–Crippen LogP) is 4.04. The van der Waals surface area contributed by atoms with E-state index in [9.17, 15) is 13.2 Å². The number of anilines is 1. The van der Waals surface area contributed by atoms with Crippen LogP contribution in [-0.2, 0) is 6.18 Å². The molecular formula is C17H16F3N3O2S. The summed E-state index contributed by atoms with van der Waals surface area (Å²) in [7, 11) is 3.02. The summed E-state index contributed by atoms with van der Waals surface area (Å²) in [4.78, 5) is 0. The van der Waals surface area contributed by atoms with E-state index >= 15 is 0 Å². The third-order valence-corrected chi connectivity index (χ3v) is 3.47. The highest BCUT2D eigenvalue weighted by atomic mass is 32.1. The smallest absolute Gasteiger partial charge is 0.417 e. The van der Waals surface area contributed by atoms with Crippen molar-refractivity contribution < 1.29 is 22.6 Å². The van der Waals surface area contributed by atoms with Gasteiger partial charge in [-0.15, -0.1) is 0 Å². The van der Waals surface area contributed by atoms with Crippen molar-refractivity contribution in [1.29, 1.82) is 0 Å². The van der Waals surface area contributed by atoms with Crippen molar-refractivity contribution in [1.82, 2.24) is 5.43 Å². The van der Waals surface area contributed by atoms with Gasteiger partial charge in [-0.3, -0.25) is 5.43 Å². The molecule has 9 heteroatoms. The normalized spacial score (nSPS) is 11.3. The van der Waals surface area contributed by atoms with E-state index in [4.69, 9.17) is 21.7 Å². The van der Waals surface area contributed by atoms with E-state index in [1.54, 1.807) is 18.2 Å². The Morgan fingerprint density at radius 2 is 1.77 bits per heavy atom. The van der Waals surface area contributed by atoms with Crippen LogP contribution in [0.5, 0.6) is 11.5 Å². The molecule has 0 saturated heterocycles. The molecule has 2 N–H and O–H groups in total. The Hall–Kier alpha value is -2.81. The molecular weight excluding hydrogens is 367 g/mol. The molecule has 26 heavy (non-hydrogen) atoms. The van der Waals surface area contributed by atoms with Gasteiger partial charge in [0.2, 0.25) is 0 Å². The molecule has 5 nitrogen and oxygen atoms in total. The minimum atomic E-state index is -4.46. The monoisotopic (exact) mass is 383 g/mol. The van der Waals surface area contributed by atoms with E-state index in [0.717, 1.165) is 12.3 Å². The van der Waals surface area contributed by atoms with Crippen LogP contribution >= 0.6 is 12.2 Å². The minimum Gasteiger partial charge on any atom is -0.493 e. The van der Waals surface area contributed by atoms with Gasteiger partial charge in [-0.1, -0.05) is 18.2 Å². The lowest BCUT2D eigenvalue weighted by atomic mass is 10.1. The van der Waals surface area contributed by atoms with Crippen LogP contribution < -0.4 is 20.2 Å². The molecule has 0 heterocycles. The second-order valence-corrected chi connectivity index (χ2v) is 5.39. The molecule has 0 aromatic heterocycles. The number of ether oxygens (including phenoxy) is 2. The van der Waals surface area contributed by atoms with Gasteiger partial charge in [-0.05, 0) is 30.4 Å². The fraction of sp³-hybridized carbons (Fsp3) is 0.176. The zero-order valence-corrected chi connectivity index (χ0v) is 14.7. The first-order valence-electron chi connectivity index (χ1n) is 7.33. The highest BCUT2D eigenvalue weighted by molar-refractivity contribution is 7.80. The Morgan fingerprint density at radius 1 is 1.08 bits per heavy atom. The number of benzene rings is 2. The van der Waals surface area contributed by atoms with Crippen molar-refractivity contribution in [2.45, 2.75) is 6.18 Å². The maximum atomic E-state index is 12.9. The Labute approximate surface area is 153 Å². The highest BCUT2D eigenvalue weighted by Gasteiger charge is 2.32. The second-order valence-electron chi connectivity index (χ2n) is 4.98. The number of hydrogen-bond acceptors (Lipinski definition) is 4. The summed E-state index contributed by atoms with van der Waals surface area (Å²) in [5.41, 5.74) is 2.24. The van der Waals surface area contributed by atoms with Crippen LogP contribution in [-0.4, -0.2) is 25.5 Å². The lowest BCUT2D eigenvalue weighted by Gasteiger charge is -2.12. The van der Waals surface area contributed by atoms with E-state index in [2.05, 4.69) is 15.8 Å². The number of alkyl halides is 3. The zero-order valence-electron chi connectivity index (χ0n) is 13.9. The third kappa shape index (κ3) is 5.09. The highest BCUT2D eigenvalue weighted by Crippen LogP contribution is 2.31. The lowest BCUT2D eigenvalue weighted by Crippen LogP contribution is -2.24. The summed E-state index contributed by atoms with van der Waals surface area (Å²) < 4.78 is 49.0. The van der Waals surface area contributed by atoms with Gasteiger partial charge in [0.1, 0.15) is 0 Å². The molecule has 2 aromatic carbocycles. The first kappa shape index (κ1) is 19.5. The second kappa shape index (κ2) is 8.52. The van der Waals surface area contributed by atoms with E-state index < -0.39 is 11.7 Å². The van der Waals surface area contributed by atoms with Crippen molar-refractivity contribution in [2.24, 2.45) is 5.10 Å². The maximum absolute atomic E-state index is 12.9. The number of hydrazone groups is 1. The topological polar surface area (TPSA) is 54.9 Å². The van der Waals surface area contributed by atoms with Gasteiger partial charge in [-0.2, -0.15) is 18.3 Å². The number of halogens is 3. The number of nitrogens with one attached hydrogen (secondary N) is 2. The summed E-state index contributed by atoms with van der Waals surface area (Å²) in [6.45, 7) is 0. The molecule has 2 rings (SSSR count). The quantitative estimate of drug-likeness (QED) is 0.464. The number of hydrogen-bond donors (Lipinski definition) is 2. The summed E-state index contributed by atoms with van der Waals surface area (Å²) >= 11 is 5.07. The number of rotatable bonds is 5. The van der Waals surface area contributed by atoms with Gasteiger partial charge in [-0.25, -0.2) is 0 Å². The molecule has 0 aliphatic rings. The van der Waals surface area contributed by atoms with Crippen molar-refractivity contribution in [3.05, 3.63) is 53.6 Å². The van der Waals surface area contributed by atoms with Crippen LogP contribution in [0.2, 0.25) is 0 Å². The number of nitrogens with zero attached hydrogens (tertiary/aromatic N) is 1. The number of thiocarbonyl (C=S) groups is 1. The summed E-state index contributed by atoms with van der Waals surface area (Å²) in [6.07, 6.45) is -3.40. The number of methoxy groups -OCH3 is 2. The molecule has 0 unspecified atom stereocenters. The molecule has 2 aromatic rings. The summed E-state index contributed by atoms with van der Waals surface area (Å²) in [6, 6.07) is 10.2. The zero-order chi connectivity index (χ0) is 19.2. The van der Waals surface area contributed by atoms with Crippen LogP contribution in [0.25, 0.3) is 0 Å². The van der Waals surface area contributed by atoms with Crippen LogP contribution in [0.4, 0.5) is 18.9 Å². The first-order chi connectivity index (χ1) is 12.3. The van der Waals surface area contributed by atoms with Crippen molar-refractivity contribution in [3.8, 4) is 11.5 Å². The molecule has 0 spiro atoms. The molecule has 0 aliphatic carbocycles. The summed E-state index contributed by atoms with van der Waals surface area (Å²) in [5.74, 6) is 1.06. The van der Waals surface area contributed by atoms with Gasteiger partial charge >= 0.3 is 6.18 Å². The Balaban J connectivity index is 2.03. The Morgan fingerprint density at radius 3 is 2.42 bits per heavy atom. The van der Waals surface area contributed by atoms with Gasteiger partial charge < -0.3 is 14.8 Å². The van der Waals surface area contributed by atoms with E-state index in [0.29, 0.717) is 17.2 Å². The molecule has 0 aliphatic heterocycles.